The number of hydrogen-bond donors (Lipinski definition) is 1. The summed E-state index contributed by atoms with van der Waals surface area (Å²) < 4.78 is 5.28. The van der Waals surface area contributed by atoms with Gasteiger partial charge in [0.1, 0.15) is 10.6 Å². The zero-order chi connectivity index (χ0) is 25.7. The summed E-state index contributed by atoms with van der Waals surface area (Å²) in [5, 5.41) is 5.60. The first-order valence-corrected chi connectivity index (χ1v) is 13.5. The van der Waals surface area contributed by atoms with Crippen LogP contribution in [0.3, 0.4) is 0 Å². The Morgan fingerprint density at radius 3 is 2.31 bits per heavy atom. The molecule has 0 bridgehead atoms. The molecule has 196 valence electrons. The molecule has 2 amide bonds. The molecule has 1 N–H and O–H groups in total. The number of benzene rings is 1. The minimum absolute atomic E-state index is 0.254. The van der Waals surface area contributed by atoms with Gasteiger partial charge in [-0.1, -0.05) is 12.1 Å². The van der Waals surface area contributed by atoms with E-state index in [9.17, 15) is 9.59 Å². The van der Waals surface area contributed by atoms with Gasteiger partial charge in [-0.2, -0.15) is 0 Å². The number of aromatic nitrogens is 1. The van der Waals surface area contributed by atoms with Gasteiger partial charge in [0, 0.05) is 69.0 Å². The van der Waals surface area contributed by atoms with Gasteiger partial charge in [0.05, 0.1) is 18.8 Å². The Hall–Kier alpha value is -2.69. The average Bonchev–Trinajstić information content (AvgIpc) is 3.32. The fourth-order valence-electron chi connectivity index (χ4n) is 4.34. The summed E-state index contributed by atoms with van der Waals surface area (Å²) in [6.45, 7) is 13.6. The van der Waals surface area contributed by atoms with Crippen molar-refractivity contribution in [2.75, 3.05) is 70.9 Å². The molecule has 1 aromatic heterocycles. The van der Waals surface area contributed by atoms with E-state index in [-0.39, 0.29) is 5.91 Å². The molecule has 0 atom stereocenters. The van der Waals surface area contributed by atoms with Crippen LogP contribution in [0.15, 0.2) is 29.6 Å². The van der Waals surface area contributed by atoms with E-state index in [0.29, 0.717) is 13.1 Å². The molecule has 1 aromatic carbocycles. The second kappa shape index (κ2) is 11.6. The molecule has 0 radical (unpaired) electrons. The van der Waals surface area contributed by atoms with Crippen molar-refractivity contribution >= 4 is 29.0 Å². The lowest BCUT2D eigenvalue weighted by Crippen LogP contribution is -2.53. The first-order valence-electron chi connectivity index (χ1n) is 12.6. The Bertz CT molecular complexity index is 1020. The number of nitrogens with one attached hydrogen (secondary N) is 1. The predicted octanol–water partition coefficient (Wildman–Crippen LogP) is 2.73. The third-order valence-corrected chi connectivity index (χ3v) is 7.30. The third-order valence-electron chi connectivity index (χ3n) is 6.45. The summed E-state index contributed by atoms with van der Waals surface area (Å²) in [6.07, 6.45) is -0.438. The molecule has 0 aliphatic carbocycles. The molecule has 3 heterocycles. The van der Waals surface area contributed by atoms with Crippen molar-refractivity contribution in [1.29, 1.82) is 0 Å². The summed E-state index contributed by atoms with van der Waals surface area (Å²) in [4.78, 5) is 38.1. The second-order valence-electron chi connectivity index (χ2n) is 10.5. The van der Waals surface area contributed by atoms with Crippen LogP contribution in [0.1, 0.15) is 25.8 Å². The lowest BCUT2D eigenvalue weighted by molar-refractivity contribution is -0.134. The van der Waals surface area contributed by atoms with Crippen LogP contribution in [-0.2, 0) is 16.1 Å². The van der Waals surface area contributed by atoms with Crippen molar-refractivity contribution in [3.63, 3.8) is 0 Å². The number of piperazine rings is 2. The van der Waals surface area contributed by atoms with Crippen molar-refractivity contribution in [3.05, 3.63) is 34.7 Å². The van der Waals surface area contributed by atoms with Gasteiger partial charge in [-0.15, -0.1) is 11.3 Å². The normalized spacial score (nSPS) is 17.8. The molecule has 2 aliphatic rings. The highest BCUT2D eigenvalue weighted by molar-refractivity contribution is 7.09. The number of thiazole rings is 1. The lowest BCUT2D eigenvalue weighted by atomic mass is 10.1. The molecule has 4 rings (SSSR count). The van der Waals surface area contributed by atoms with Crippen LogP contribution in [0.2, 0.25) is 0 Å². The Kier molecular flexibility index (Phi) is 8.48. The summed E-state index contributed by atoms with van der Waals surface area (Å²) in [5.41, 5.74) is 2.62. The van der Waals surface area contributed by atoms with Crippen LogP contribution in [0.25, 0.3) is 11.3 Å². The number of rotatable bonds is 6. The van der Waals surface area contributed by atoms with E-state index in [2.05, 4.69) is 56.3 Å². The van der Waals surface area contributed by atoms with Crippen LogP contribution >= 0.6 is 11.3 Å². The predicted molar refractivity (Wildman–Crippen MR) is 143 cm³/mol. The van der Waals surface area contributed by atoms with Gasteiger partial charge in [0.2, 0.25) is 5.91 Å². The Morgan fingerprint density at radius 1 is 1.00 bits per heavy atom. The van der Waals surface area contributed by atoms with E-state index in [0.717, 1.165) is 68.6 Å². The first kappa shape index (κ1) is 26.4. The molecular formula is C26H38N6O3S. The van der Waals surface area contributed by atoms with Crippen molar-refractivity contribution in [2.45, 2.75) is 32.9 Å². The zero-order valence-corrected chi connectivity index (χ0v) is 22.6. The average molecular weight is 515 g/mol. The number of alkyl carbamates (subject to hydrolysis) is 1. The number of amides is 2. The van der Waals surface area contributed by atoms with Crippen molar-refractivity contribution < 1.29 is 14.3 Å². The van der Waals surface area contributed by atoms with Gasteiger partial charge < -0.3 is 24.8 Å². The molecule has 36 heavy (non-hydrogen) atoms. The van der Waals surface area contributed by atoms with E-state index < -0.39 is 11.7 Å². The van der Waals surface area contributed by atoms with E-state index in [1.165, 1.54) is 17.0 Å². The maximum absolute atomic E-state index is 12.6. The van der Waals surface area contributed by atoms with E-state index in [1.54, 1.807) is 0 Å². The maximum Gasteiger partial charge on any atom is 0.408 e. The standard InChI is InChI=1S/C26H38N6O3S/c1-26(2,3)35-25(34)27-17-23-28-22(19-36-23)20-5-7-21(8-6-20)31-15-11-30(12-16-31)18-24(33)32-13-9-29(4)10-14-32/h5-8,19H,9-18H2,1-4H3,(H,27,34). The van der Waals surface area contributed by atoms with E-state index in [4.69, 9.17) is 4.74 Å². The number of carbonyl (C=O) groups is 2. The molecule has 2 aliphatic heterocycles. The number of anilines is 1. The largest absolute Gasteiger partial charge is 0.444 e. The highest BCUT2D eigenvalue weighted by Gasteiger charge is 2.24. The topological polar surface area (TPSA) is 81.2 Å². The van der Waals surface area contributed by atoms with E-state index >= 15 is 0 Å². The molecule has 2 saturated heterocycles. The highest BCUT2D eigenvalue weighted by Crippen LogP contribution is 2.25. The van der Waals surface area contributed by atoms with Crippen LogP contribution in [0.5, 0.6) is 0 Å². The van der Waals surface area contributed by atoms with Gasteiger partial charge in [-0.25, -0.2) is 9.78 Å². The van der Waals surface area contributed by atoms with Crippen LogP contribution < -0.4 is 10.2 Å². The molecule has 9 nitrogen and oxygen atoms in total. The van der Waals surface area contributed by atoms with Crippen LogP contribution in [0.4, 0.5) is 10.5 Å². The number of nitrogens with zero attached hydrogens (tertiary/aromatic N) is 5. The third kappa shape index (κ3) is 7.41. The molecular weight excluding hydrogens is 476 g/mol. The Labute approximate surface area is 218 Å². The fourth-order valence-corrected chi connectivity index (χ4v) is 5.08. The van der Waals surface area contributed by atoms with Crippen molar-refractivity contribution in [1.82, 2.24) is 25.0 Å². The van der Waals surface area contributed by atoms with Gasteiger partial charge >= 0.3 is 6.09 Å². The molecule has 2 fully saturated rings. The monoisotopic (exact) mass is 514 g/mol. The van der Waals surface area contributed by atoms with Gasteiger partial charge in [-0.3, -0.25) is 9.69 Å². The smallest absolute Gasteiger partial charge is 0.408 e. The zero-order valence-electron chi connectivity index (χ0n) is 21.8. The van der Waals surface area contributed by atoms with Gasteiger partial charge in [0.25, 0.3) is 0 Å². The second-order valence-corrected chi connectivity index (χ2v) is 11.4. The number of likely N-dealkylation sites (N-methyl/N-ethyl adjacent to an activating group) is 1. The number of carbonyl (C=O) groups excluding carboxylic acids is 2. The highest BCUT2D eigenvalue weighted by atomic mass is 32.1. The lowest BCUT2D eigenvalue weighted by Gasteiger charge is -2.38. The number of ether oxygens (including phenoxy) is 1. The van der Waals surface area contributed by atoms with Crippen molar-refractivity contribution in [3.8, 4) is 11.3 Å². The maximum atomic E-state index is 12.6. The van der Waals surface area contributed by atoms with Crippen LogP contribution in [-0.4, -0.2) is 103 Å². The minimum atomic E-state index is -0.519. The molecule has 2 aromatic rings. The summed E-state index contributed by atoms with van der Waals surface area (Å²) >= 11 is 1.52. The number of hydrogen-bond acceptors (Lipinski definition) is 8. The fraction of sp³-hybridized carbons (Fsp3) is 0.577. The first-order chi connectivity index (χ1) is 17.2. The minimum Gasteiger partial charge on any atom is -0.444 e. The molecule has 0 saturated carbocycles. The molecule has 10 heteroatoms. The molecule has 0 unspecified atom stereocenters. The van der Waals surface area contributed by atoms with Crippen molar-refractivity contribution in [2.24, 2.45) is 0 Å². The van der Waals surface area contributed by atoms with E-state index in [1.807, 2.05) is 31.1 Å². The Morgan fingerprint density at radius 2 is 1.67 bits per heavy atom. The Balaban J connectivity index is 1.23. The summed E-state index contributed by atoms with van der Waals surface area (Å²) in [6, 6.07) is 8.47. The quantitative estimate of drug-likeness (QED) is 0.635. The SMILES string of the molecule is CN1CCN(C(=O)CN2CCN(c3ccc(-c4csc(CNC(=O)OC(C)(C)C)n4)cc3)CC2)CC1. The van der Waals surface area contributed by atoms with Gasteiger partial charge in [-0.05, 0) is 40.0 Å². The van der Waals surface area contributed by atoms with Crippen LogP contribution in [0, 0.1) is 0 Å². The summed E-state index contributed by atoms with van der Waals surface area (Å²) in [7, 11) is 2.11. The van der Waals surface area contributed by atoms with Gasteiger partial charge in [0.15, 0.2) is 0 Å². The molecule has 0 spiro atoms. The summed E-state index contributed by atoms with van der Waals surface area (Å²) in [5.74, 6) is 0.254.